The summed E-state index contributed by atoms with van der Waals surface area (Å²) in [5, 5.41) is 70.2. The van der Waals surface area contributed by atoms with Crippen molar-refractivity contribution >= 4 is 0 Å². The van der Waals surface area contributed by atoms with Gasteiger partial charge in [-0.2, -0.15) is 18.9 Å². The Bertz CT molecular complexity index is 891. The first kappa shape index (κ1) is 40.8. The normalized spacial score (nSPS) is 7.58. The van der Waals surface area contributed by atoms with Gasteiger partial charge in [-0.3, -0.25) is 0 Å². The first-order valence-corrected chi connectivity index (χ1v) is 9.22. The third-order valence-electron chi connectivity index (χ3n) is 2.75. The molecule has 16 nitrogen and oxygen atoms in total. The number of hydrogen-bond acceptors (Lipinski definition) is 10. The largest absolute Gasteiger partial charge is 1.00 e. The minimum absolute atomic E-state index is 0. The topological polar surface area (TPSA) is 240 Å². The van der Waals surface area contributed by atoms with Crippen LogP contribution < -0.4 is 18.9 Å². The molecule has 0 saturated carbocycles. The minimum Gasteiger partial charge on any atom is -0.619 e. The second-order valence-corrected chi connectivity index (χ2v) is 5.39. The Labute approximate surface area is 246 Å². The van der Waals surface area contributed by atoms with E-state index in [1.807, 2.05) is 0 Å². The summed E-state index contributed by atoms with van der Waals surface area (Å²) in [5.74, 6) is 0. The number of aromatic nitrogens is 4. The zero-order valence-electron chi connectivity index (χ0n) is 18.9. The molecule has 38 heavy (non-hydrogen) atoms. The minimum atomic E-state index is -1.75. The summed E-state index contributed by atoms with van der Waals surface area (Å²) >= 11 is 0. The zero-order chi connectivity index (χ0) is 27.6. The van der Waals surface area contributed by atoms with Gasteiger partial charge in [-0.25, -0.2) is 0 Å². The van der Waals surface area contributed by atoms with Crippen LogP contribution in [0.4, 0.5) is 0 Å². The first-order valence-electron chi connectivity index (χ1n) is 9.22. The second kappa shape index (κ2) is 28.9. The molecule has 4 heterocycles. The van der Waals surface area contributed by atoms with Crippen LogP contribution in [-0.2, 0) is 44.8 Å². The molecule has 0 amide bonds. The Balaban J connectivity index is -0.000000184. The van der Waals surface area contributed by atoms with Crippen LogP contribution >= 0.6 is 0 Å². The van der Waals surface area contributed by atoms with Gasteiger partial charge in [0.05, 0.1) is 10.2 Å². The predicted octanol–water partition coefficient (Wildman–Crippen LogP) is 0.797. The van der Waals surface area contributed by atoms with Crippen molar-refractivity contribution < 1.29 is 73.9 Å². The van der Waals surface area contributed by atoms with Gasteiger partial charge in [-0.05, 0) is 0 Å². The van der Waals surface area contributed by atoms with Crippen molar-refractivity contribution in [1.82, 2.24) is 0 Å². The predicted molar refractivity (Wildman–Crippen MR) is 122 cm³/mol. The van der Waals surface area contributed by atoms with Crippen molar-refractivity contribution in [3.63, 3.8) is 0 Å². The molecule has 0 aliphatic rings. The second-order valence-electron chi connectivity index (χ2n) is 5.39. The van der Waals surface area contributed by atoms with Gasteiger partial charge in [0.25, 0.3) is 0 Å². The molecule has 4 rings (SSSR count). The van der Waals surface area contributed by atoms with E-state index in [2.05, 4.69) is 0 Å². The summed E-state index contributed by atoms with van der Waals surface area (Å²) < 4.78 is 3.00. The van der Waals surface area contributed by atoms with Crippen LogP contribution in [0.5, 0.6) is 0 Å². The van der Waals surface area contributed by atoms with E-state index in [1.165, 1.54) is 49.6 Å². The van der Waals surface area contributed by atoms with E-state index in [0.29, 0.717) is 0 Å². The molecule has 212 valence electrons. The zero-order valence-corrected chi connectivity index (χ0v) is 21.9. The van der Waals surface area contributed by atoms with Crippen molar-refractivity contribution in [3.8, 4) is 0 Å². The maximum absolute atomic E-state index is 10.2. The van der Waals surface area contributed by atoms with E-state index < -0.39 is 10.2 Å². The molecule has 0 unspecified atom stereocenters. The molecule has 0 N–H and O–H groups in total. The van der Waals surface area contributed by atoms with E-state index in [-0.39, 0.29) is 44.8 Å². The van der Waals surface area contributed by atoms with E-state index in [0.717, 1.165) is 18.9 Å². The van der Waals surface area contributed by atoms with Gasteiger partial charge in [0, 0.05) is 48.5 Å². The van der Waals surface area contributed by atoms with Crippen molar-refractivity contribution in [3.05, 3.63) is 174 Å². The quantitative estimate of drug-likeness (QED) is 0.0814. The van der Waals surface area contributed by atoms with Gasteiger partial charge in [-0.15, -0.1) is 0 Å². The summed E-state index contributed by atoms with van der Waals surface area (Å²) in [5.41, 5.74) is 0. The van der Waals surface area contributed by atoms with E-state index >= 15 is 0 Å². The summed E-state index contributed by atoms with van der Waals surface area (Å²) in [7, 11) is 0. The van der Waals surface area contributed by atoms with E-state index in [4.69, 9.17) is 30.6 Å². The molecule has 0 saturated heterocycles. The Morgan fingerprint density at radius 1 is 0.342 bits per heavy atom. The summed E-state index contributed by atoms with van der Waals surface area (Å²) in [6.45, 7) is 0. The Morgan fingerprint density at radius 2 is 0.447 bits per heavy atom. The molecule has 0 fully saturated rings. The summed E-state index contributed by atoms with van der Waals surface area (Å²) in [4.78, 5) is 16.5. The van der Waals surface area contributed by atoms with Crippen LogP contribution in [0.2, 0.25) is 0 Å². The average molecular weight is 720 g/mol. The Kier molecular flexibility index (Phi) is 31.1. The van der Waals surface area contributed by atoms with Gasteiger partial charge in [0.15, 0.2) is 49.6 Å². The average Bonchev–Trinajstić information content (AvgIpc) is 2.82. The van der Waals surface area contributed by atoms with Crippen LogP contribution in [0.15, 0.2) is 122 Å². The molecular formula is C20H20Ag2N6O10. The third-order valence-corrected chi connectivity index (χ3v) is 2.75. The van der Waals surface area contributed by atoms with Crippen LogP contribution in [0.25, 0.3) is 0 Å². The number of nitrogens with zero attached hydrogens (tertiary/aromatic N) is 6. The van der Waals surface area contributed by atoms with Crippen molar-refractivity contribution in [2.45, 2.75) is 0 Å². The molecule has 0 radical (unpaired) electrons. The summed E-state index contributed by atoms with van der Waals surface area (Å²) in [6, 6.07) is 20.7. The van der Waals surface area contributed by atoms with Crippen molar-refractivity contribution in [2.24, 2.45) is 0 Å². The van der Waals surface area contributed by atoms with Crippen molar-refractivity contribution in [1.29, 1.82) is 0 Å². The van der Waals surface area contributed by atoms with Gasteiger partial charge < -0.3 is 51.5 Å². The molecule has 0 spiro atoms. The van der Waals surface area contributed by atoms with E-state index in [1.54, 1.807) is 72.8 Å². The van der Waals surface area contributed by atoms with Gasteiger partial charge in [0.1, 0.15) is 0 Å². The SMILES string of the molecule is O=[N+]([O-])[O-].O=[N+]([O-])[O-].[Ag+].[Ag+].[O-][n+]1ccccc1.[O-][n+]1ccccc1.[O-][n+]1ccccc1.[O-][n+]1ccccc1. The molecule has 4 aromatic heterocycles. The van der Waals surface area contributed by atoms with Crippen molar-refractivity contribution in [2.75, 3.05) is 0 Å². The molecule has 18 heteroatoms. The molecule has 0 aliphatic carbocycles. The fourth-order valence-corrected chi connectivity index (χ4v) is 1.53. The molecular weight excluding hydrogens is 700 g/mol. The third kappa shape index (κ3) is 38.9. The first-order chi connectivity index (χ1) is 17.0. The fraction of sp³-hybridized carbons (Fsp3) is 0. The monoisotopic (exact) mass is 718 g/mol. The van der Waals surface area contributed by atoms with Crippen LogP contribution in [0.1, 0.15) is 0 Å². The standard InChI is InChI=1S/4C5H5NO.2Ag.2NO3/c4*7-6-4-2-1-3-5-6;;;2*2-1(3)4/h4*1-5H;;;;/q;;;;2*+1;2*-1. The number of rotatable bonds is 0. The molecule has 0 aliphatic heterocycles. The fourth-order valence-electron chi connectivity index (χ4n) is 1.53. The van der Waals surface area contributed by atoms with Crippen LogP contribution in [0, 0.1) is 51.5 Å². The molecule has 0 bridgehead atoms. The molecule has 0 atom stereocenters. The Morgan fingerprint density at radius 3 is 0.500 bits per heavy atom. The van der Waals surface area contributed by atoms with Gasteiger partial charge in [0.2, 0.25) is 0 Å². The molecule has 0 aromatic carbocycles. The van der Waals surface area contributed by atoms with Crippen LogP contribution in [-0.4, -0.2) is 10.2 Å². The van der Waals surface area contributed by atoms with E-state index in [9.17, 15) is 20.8 Å². The van der Waals surface area contributed by atoms with Crippen LogP contribution in [0.3, 0.4) is 0 Å². The summed E-state index contributed by atoms with van der Waals surface area (Å²) in [6.07, 6.45) is 11.6. The molecule has 4 aromatic rings. The maximum Gasteiger partial charge on any atom is 1.00 e. The van der Waals surface area contributed by atoms with Gasteiger partial charge >= 0.3 is 44.8 Å². The number of pyridine rings is 4. The Hall–Kier alpha value is -4.32. The number of hydrogen-bond donors (Lipinski definition) is 0. The smallest absolute Gasteiger partial charge is 0.619 e. The maximum atomic E-state index is 10.2. The van der Waals surface area contributed by atoms with Gasteiger partial charge in [-0.1, -0.05) is 24.3 Å².